The average Bonchev–Trinajstić information content (AvgIpc) is 2.18. The highest BCUT2D eigenvalue weighted by molar-refractivity contribution is 6.30. The molecule has 0 fully saturated rings. The van der Waals surface area contributed by atoms with Gasteiger partial charge in [-0.1, -0.05) is 17.7 Å². The summed E-state index contributed by atoms with van der Waals surface area (Å²) in [6, 6.07) is 6.73. The highest BCUT2D eigenvalue weighted by Gasteiger charge is 2.04. The van der Waals surface area contributed by atoms with Crippen molar-refractivity contribution in [1.82, 2.24) is 0 Å². The molecule has 0 N–H and O–H groups in total. The van der Waals surface area contributed by atoms with E-state index in [-0.39, 0.29) is 5.97 Å². The number of benzene rings is 1. The number of hydrogen-bond donors (Lipinski definition) is 0. The first-order chi connectivity index (χ1) is 7.22. The van der Waals surface area contributed by atoms with Crippen molar-refractivity contribution in [2.75, 3.05) is 0 Å². The van der Waals surface area contributed by atoms with Crippen LogP contribution >= 0.6 is 11.6 Å². The zero-order valence-electron chi connectivity index (χ0n) is 8.20. The van der Waals surface area contributed by atoms with E-state index in [0.29, 0.717) is 30.0 Å². The van der Waals surface area contributed by atoms with E-state index in [9.17, 15) is 4.79 Å². The Morgan fingerprint density at radius 2 is 2.33 bits per heavy atom. The molecule has 15 heavy (non-hydrogen) atoms. The predicted molar refractivity (Wildman–Crippen MR) is 59.8 cm³/mol. The summed E-state index contributed by atoms with van der Waals surface area (Å²) in [5.74, 6) is 2.65. The molecule has 0 saturated carbocycles. The normalized spacial score (nSPS) is 9.33. The van der Waals surface area contributed by atoms with Gasteiger partial charge < -0.3 is 4.74 Å². The van der Waals surface area contributed by atoms with Gasteiger partial charge in [-0.3, -0.25) is 4.79 Å². The molecule has 78 valence electrons. The number of terminal acetylenes is 1. The van der Waals surface area contributed by atoms with Crippen LogP contribution in [-0.4, -0.2) is 5.97 Å². The standard InChI is InChI=1S/C12H11ClO2/c1-2-3-4-8-12(14)15-11-7-5-6-10(13)9-11/h1,5-7,9H,3-4,8H2. The second-order valence-corrected chi connectivity index (χ2v) is 3.43. The van der Waals surface area contributed by atoms with E-state index in [0.717, 1.165) is 0 Å². The molecule has 0 spiro atoms. The molecule has 0 bridgehead atoms. The van der Waals surface area contributed by atoms with Gasteiger partial charge in [0.05, 0.1) is 0 Å². The zero-order valence-corrected chi connectivity index (χ0v) is 8.96. The zero-order chi connectivity index (χ0) is 11.1. The van der Waals surface area contributed by atoms with Crippen LogP contribution in [0.3, 0.4) is 0 Å². The number of rotatable bonds is 4. The lowest BCUT2D eigenvalue weighted by Crippen LogP contribution is -2.07. The molecular formula is C12H11ClO2. The second-order valence-electron chi connectivity index (χ2n) is 2.99. The minimum Gasteiger partial charge on any atom is -0.426 e. The van der Waals surface area contributed by atoms with Gasteiger partial charge in [-0.2, -0.15) is 0 Å². The van der Waals surface area contributed by atoms with Crippen molar-refractivity contribution in [2.45, 2.75) is 19.3 Å². The van der Waals surface area contributed by atoms with Crippen LogP contribution in [0, 0.1) is 12.3 Å². The van der Waals surface area contributed by atoms with Crippen LogP contribution in [0.5, 0.6) is 5.75 Å². The number of halogens is 1. The lowest BCUT2D eigenvalue weighted by atomic mass is 10.2. The van der Waals surface area contributed by atoms with E-state index in [1.165, 1.54) is 0 Å². The second kappa shape index (κ2) is 6.10. The molecule has 0 aliphatic heterocycles. The third-order valence-electron chi connectivity index (χ3n) is 1.73. The monoisotopic (exact) mass is 222 g/mol. The highest BCUT2D eigenvalue weighted by atomic mass is 35.5. The van der Waals surface area contributed by atoms with Crippen LogP contribution in [0.1, 0.15) is 19.3 Å². The summed E-state index contributed by atoms with van der Waals surface area (Å²) in [6.07, 6.45) is 6.63. The van der Waals surface area contributed by atoms with Crippen LogP contribution in [0.15, 0.2) is 24.3 Å². The van der Waals surface area contributed by atoms with Crippen molar-refractivity contribution in [3.8, 4) is 18.1 Å². The van der Waals surface area contributed by atoms with Gasteiger partial charge in [0, 0.05) is 17.9 Å². The molecule has 0 aliphatic carbocycles. The topological polar surface area (TPSA) is 26.3 Å². The van der Waals surface area contributed by atoms with Crippen LogP contribution in [0.4, 0.5) is 0 Å². The molecule has 0 heterocycles. The summed E-state index contributed by atoms with van der Waals surface area (Å²) < 4.78 is 5.05. The number of carbonyl (C=O) groups excluding carboxylic acids is 1. The van der Waals surface area contributed by atoms with Crippen LogP contribution in [0.2, 0.25) is 5.02 Å². The fourth-order valence-electron chi connectivity index (χ4n) is 1.05. The first-order valence-corrected chi connectivity index (χ1v) is 5.00. The summed E-state index contributed by atoms with van der Waals surface area (Å²) >= 11 is 5.74. The Kier molecular flexibility index (Phi) is 4.73. The molecular weight excluding hydrogens is 212 g/mol. The van der Waals surface area contributed by atoms with Gasteiger partial charge >= 0.3 is 5.97 Å². The summed E-state index contributed by atoms with van der Waals surface area (Å²) in [6.45, 7) is 0. The Morgan fingerprint density at radius 1 is 1.53 bits per heavy atom. The van der Waals surface area contributed by atoms with Crippen molar-refractivity contribution in [2.24, 2.45) is 0 Å². The highest BCUT2D eigenvalue weighted by Crippen LogP contribution is 2.17. The van der Waals surface area contributed by atoms with E-state index in [1.807, 2.05) is 0 Å². The molecule has 2 nitrogen and oxygen atoms in total. The maximum Gasteiger partial charge on any atom is 0.311 e. The van der Waals surface area contributed by atoms with Gasteiger partial charge in [-0.15, -0.1) is 12.3 Å². The van der Waals surface area contributed by atoms with Crippen molar-refractivity contribution < 1.29 is 9.53 Å². The summed E-state index contributed by atoms with van der Waals surface area (Å²) in [5.41, 5.74) is 0. The molecule has 1 aromatic carbocycles. The number of ether oxygens (including phenoxy) is 1. The van der Waals surface area contributed by atoms with Crippen LogP contribution in [-0.2, 0) is 4.79 Å². The number of esters is 1. The minimum atomic E-state index is -0.285. The van der Waals surface area contributed by atoms with E-state index in [4.69, 9.17) is 22.8 Å². The van der Waals surface area contributed by atoms with Gasteiger partial charge in [-0.05, 0) is 24.6 Å². The summed E-state index contributed by atoms with van der Waals surface area (Å²) in [4.78, 5) is 11.3. The Bertz CT molecular complexity index is 379. The number of unbranched alkanes of at least 4 members (excludes halogenated alkanes) is 1. The number of carbonyl (C=O) groups is 1. The molecule has 0 aromatic heterocycles. The Balaban J connectivity index is 2.42. The van der Waals surface area contributed by atoms with Gasteiger partial charge in [0.1, 0.15) is 5.75 Å². The Morgan fingerprint density at radius 3 is 3.00 bits per heavy atom. The molecule has 0 unspecified atom stereocenters. The van der Waals surface area contributed by atoms with Crippen LogP contribution in [0.25, 0.3) is 0 Å². The van der Waals surface area contributed by atoms with Crippen molar-refractivity contribution in [1.29, 1.82) is 0 Å². The van der Waals surface area contributed by atoms with Crippen molar-refractivity contribution in [3.63, 3.8) is 0 Å². The number of hydrogen-bond acceptors (Lipinski definition) is 2. The minimum absolute atomic E-state index is 0.285. The van der Waals surface area contributed by atoms with Gasteiger partial charge in [-0.25, -0.2) is 0 Å². The van der Waals surface area contributed by atoms with Crippen molar-refractivity contribution in [3.05, 3.63) is 29.3 Å². The van der Waals surface area contributed by atoms with Gasteiger partial charge in [0.25, 0.3) is 0 Å². The Labute approximate surface area is 94.2 Å². The van der Waals surface area contributed by atoms with Crippen molar-refractivity contribution >= 4 is 17.6 Å². The van der Waals surface area contributed by atoms with E-state index < -0.39 is 0 Å². The summed E-state index contributed by atoms with van der Waals surface area (Å²) in [7, 11) is 0. The average molecular weight is 223 g/mol. The van der Waals surface area contributed by atoms with E-state index >= 15 is 0 Å². The predicted octanol–water partition coefficient (Wildman–Crippen LogP) is 3.05. The molecule has 1 rings (SSSR count). The molecule has 0 saturated heterocycles. The molecule has 3 heteroatoms. The molecule has 0 aliphatic rings. The largest absolute Gasteiger partial charge is 0.426 e. The third-order valence-corrected chi connectivity index (χ3v) is 1.96. The SMILES string of the molecule is C#CCCCC(=O)Oc1cccc(Cl)c1. The first kappa shape index (κ1) is 11.6. The van der Waals surface area contributed by atoms with Gasteiger partial charge in [0.2, 0.25) is 0 Å². The van der Waals surface area contributed by atoms with E-state index in [1.54, 1.807) is 24.3 Å². The smallest absolute Gasteiger partial charge is 0.311 e. The Hall–Kier alpha value is -1.46. The lowest BCUT2D eigenvalue weighted by molar-refractivity contribution is -0.134. The molecule has 0 amide bonds. The maximum atomic E-state index is 11.3. The van der Waals surface area contributed by atoms with Crippen LogP contribution < -0.4 is 4.74 Å². The van der Waals surface area contributed by atoms with Gasteiger partial charge in [0.15, 0.2) is 0 Å². The fourth-order valence-corrected chi connectivity index (χ4v) is 1.23. The molecule has 1 aromatic rings. The maximum absolute atomic E-state index is 11.3. The van der Waals surface area contributed by atoms with E-state index in [2.05, 4.69) is 5.92 Å². The lowest BCUT2D eigenvalue weighted by Gasteiger charge is -2.03. The molecule has 0 atom stereocenters. The quantitative estimate of drug-likeness (QED) is 0.339. The fraction of sp³-hybridized carbons (Fsp3) is 0.250. The summed E-state index contributed by atoms with van der Waals surface area (Å²) in [5, 5.41) is 0.545. The first-order valence-electron chi connectivity index (χ1n) is 4.62. The molecule has 0 radical (unpaired) electrons. The third kappa shape index (κ3) is 4.53.